The SMILES string of the molecule is CCC(C#N)(CCCSCCOC)NC1CC1. The van der Waals surface area contributed by atoms with Crippen molar-refractivity contribution in [1.29, 1.82) is 5.26 Å². The second kappa shape index (κ2) is 7.97. The van der Waals surface area contributed by atoms with Gasteiger partial charge in [0.15, 0.2) is 0 Å². The van der Waals surface area contributed by atoms with E-state index in [0.717, 1.165) is 37.4 Å². The van der Waals surface area contributed by atoms with Crippen LogP contribution in [0.5, 0.6) is 0 Å². The van der Waals surface area contributed by atoms with Gasteiger partial charge in [0.1, 0.15) is 5.54 Å². The van der Waals surface area contributed by atoms with E-state index in [1.54, 1.807) is 7.11 Å². The molecule has 1 N–H and O–H groups in total. The van der Waals surface area contributed by atoms with E-state index >= 15 is 0 Å². The molecule has 0 amide bonds. The molecule has 17 heavy (non-hydrogen) atoms. The van der Waals surface area contributed by atoms with Gasteiger partial charge in [-0.25, -0.2) is 0 Å². The fraction of sp³-hybridized carbons (Fsp3) is 0.923. The van der Waals surface area contributed by atoms with Crippen LogP contribution in [0.4, 0.5) is 0 Å². The van der Waals surface area contributed by atoms with Crippen molar-refractivity contribution >= 4 is 11.8 Å². The first kappa shape index (κ1) is 14.8. The molecule has 3 nitrogen and oxygen atoms in total. The van der Waals surface area contributed by atoms with Gasteiger partial charge < -0.3 is 4.74 Å². The summed E-state index contributed by atoms with van der Waals surface area (Å²) in [4.78, 5) is 0. The zero-order chi connectivity index (χ0) is 12.6. The largest absolute Gasteiger partial charge is 0.384 e. The third-order valence-electron chi connectivity index (χ3n) is 3.20. The Bertz CT molecular complexity index is 250. The second-order valence-electron chi connectivity index (χ2n) is 4.67. The first-order chi connectivity index (χ1) is 8.26. The Hall–Kier alpha value is -0.240. The number of thioether (sulfide) groups is 1. The van der Waals surface area contributed by atoms with Gasteiger partial charge >= 0.3 is 0 Å². The summed E-state index contributed by atoms with van der Waals surface area (Å²) in [6.45, 7) is 2.93. The smallest absolute Gasteiger partial charge is 0.106 e. The topological polar surface area (TPSA) is 45.0 Å². The van der Waals surface area contributed by atoms with Crippen LogP contribution >= 0.6 is 11.8 Å². The lowest BCUT2D eigenvalue weighted by molar-refractivity contribution is 0.218. The van der Waals surface area contributed by atoms with E-state index in [9.17, 15) is 5.26 Å². The van der Waals surface area contributed by atoms with E-state index in [1.807, 2.05) is 11.8 Å². The molecular weight excluding hydrogens is 232 g/mol. The van der Waals surface area contributed by atoms with Crippen molar-refractivity contribution in [3.8, 4) is 6.07 Å². The van der Waals surface area contributed by atoms with Gasteiger partial charge in [0, 0.05) is 18.9 Å². The van der Waals surface area contributed by atoms with Crippen LogP contribution in [0.1, 0.15) is 39.0 Å². The highest BCUT2D eigenvalue weighted by Crippen LogP contribution is 2.27. The Morgan fingerprint density at radius 2 is 2.24 bits per heavy atom. The fourth-order valence-electron chi connectivity index (χ4n) is 1.86. The Labute approximate surface area is 109 Å². The summed E-state index contributed by atoms with van der Waals surface area (Å²) in [5, 5.41) is 12.9. The third-order valence-corrected chi connectivity index (χ3v) is 4.23. The summed E-state index contributed by atoms with van der Waals surface area (Å²) in [5.74, 6) is 2.18. The highest BCUT2D eigenvalue weighted by molar-refractivity contribution is 7.99. The Kier molecular flexibility index (Phi) is 6.94. The molecule has 1 atom stereocenters. The summed E-state index contributed by atoms with van der Waals surface area (Å²) in [6.07, 6.45) is 5.47. The number of methoxy groups -OCH3 is 1. The molecule has 0 saturated heterocycles. The van der Waals surface area contributed by atoms with Crippen molar-refractivity contribution in [1.82, 2.24) is 5.32 Å². The molecule has 1 aliphatic rings. The summed E-state index contributed by atoms with van der Waals surface area (Å²) in [6, 6.07) is 3.10. The van der Waals surface area contributed by atoms with Gasteiger partial charge in [0.25, 0.3) is 0 Å². The minimum absolute atomic E-state index is 0.275. The van der Waals surface area contributed by atoms with Gasteiger partial charge in [-0.2, -0.15) is 17.0 Å². The second-order valence-corrected chi connectivity index (χ2v) is 5.90. The monoisotopic (exact) mass is 256 g/mol. The first-order valence-electron chi connectivity index (χ1n) is 6.52. The van der Waals surface area contributed by atoms with E-state index in [2.05, 4.69) is 18.3 Å². The van der Waals surface area contributed by atoms with Crippen molar-refractivity contribution in [3.63, 3.8) is 0 Å². The van der Waals surface area contributed by atoms with Crippen molar-refractivity contribution in [2.75, 3.05) is 25.2 Å². The van der Waals surface area contributed by atoms with Crippen molar-refractivity contribution in [2.24, 2.45) is 0 Å². The minimum Gasteiger partial charge on any atom is -0.384 e. The molecule has 0 aliphatic heterocycles. The third kappa shape index (κ3) is 5.76. The molecule has 0 aromatic heterocycles. The standard InChI is InChI=1S/C13H24N2OS/c1-3-13(11-14,15-12-5-6-12)7-4-9-17-10-8-16-2/h12,15H,3-10H2,1-2H3. The zero-order valence-electron chi connectivity index (χ0n) is 11.0. The summed E-state index contributed by atoms with van der Waals surface area (Å²) >= 11 is 1.91. The minimum atomic E-state index is -0.275. The lowest BCUT2D eigenvalue weighted by Crippen LogP contribution is -2.44. The van der Waals surface area contributed by atoms with Crippen LogP contribution < -0.4 is 5.32 Å². The van der Waals surface area contributed by atoms with Crippen LogP contribution in [-0.4, -0.2) is 36.8 Å². The van der Waals surface area contributed by atoms with Gasteiger partial charge in [0.05, 0.1) is 12.7 Å². The van der Waals surface area contributed by atoms with E-state index in [-0.39, 0.29) is 5.54 Å². The highest BCUT2D eigenvalue weighted by atomic mass is 32.2. The lowest BCUT2D eigenvalue weighted by Gasteiger charge is -2.26. The van der Waals surface area contributed by atoms with Gasteiger partial charge in [0.2, 0.25) is 0 Å². The Morgan fingerprint density at radius 1 is 1.47 bits per heavy atom. The molecule has 4 heteroatoms. The lowest BCUT2D eigenvalue weighted by atomic mass is 9.92. The van der Waals surface area contributed by atoms with E-state index in [4.69, 9.17) is 4.74 Å². The molecule has 98 valence electrons. The van der Waals surface area contributed by atoms with Crippen LogP contribution in [0.3, 0.4) is 0 Å². The Balaban J connectivity index is 2.17. The van der Waals surface area contributed by atoms with Gasteiger partial charge in [-0.15, -0.1) is 0 Å². The van der Waals surface area contributed by atoms with E-state index < -0.39 is 0 Å². The molecule has 0 aromatic rings. The number of nitrogens with one attached hydrogen (secondary N) is 1. The number of rotatable bonds is 10. The molecule has 1 saturated carbocycles. The van der Waals surface area contributed by atoms with Crippen LogP contribution in [0, 0.1) is 11.3 Å². The van der Waals surface area contributed by atoms with Crippen LogP contribution in [0.15, 0.2) is 0 Å². The summed E-state index contributed by atoms with van der Waals surface area (Å²) in [5.41, 5.74) is -0.275. The fourth-order valence-corrected chi connectivity index (χ4v) is 2.69. The highest BCUT2D eigenvalue weighted by Gasteiger charge is 2.34. The predicted octanol–water partition coefficient (Wildman–Crippen LogP) is 2.57. The molecule has 1 fully saturated rings. The maximum absolute atomic E-state index is 9.35. The molecule has 1 unspecified atom stereocenters. The van der Waals surface area contributed by atoms with Crippen LogP contribution in [0.2, 0.25) is 0 Å². The number of nitriles is 1. The van der Waals surface area contributed by atoms with E-state index in [1.165, 1.54) is 12.8 Å². The van der Waals surface area contributed by atoms with Crippen LogP contribution in [0.25, 0.3) is 0 Å². The molecule has 1 aliphatic carbocycles. The number of ether oxygens (including phenoxy) is 1. The van der Waals surface area contributed by atoms with Crippen molar-refractivity contribution < 1.29 is 4.74 Å². The number of hydrogen-bond donors (Lipinski definition) is 1. The molecule has 0 heterocycles. The number of nitrogens with zero attached hydrogens (tertiary/aromatic N) is 1. The normalized spacial score (nSPS) is 18.6. The number of hydrogen-bond acceptors (Lipinski definition) is 4. The summed E-state index contributed by atoms with van der Waals surface area (Å²) < 4.78 is 5.01. The van der Waals surface area contributed by atoms with Gasteiger partial charge in [-0.3, -0.25) is 5.32 Å². The average molecular weight is 256 g/mol. The van der Waals surface area contributed by atoms with Gasteiger partial charge in [-0.1, -0.05) is 6.92 Å². The maximum atomic E-state index is 9.35. The van der Waals surface area contributed by atoms with E-state index in [0.29, 0.717) is 6.04 Å². The molecule has 1 rings (SSSR count). The summed E-state index contributed by atoms with van der Waals surface area (Å²) in [7, 11) is 1.73. The Morgan fingerprint density at radius 3 is 2.76 bits per heavy atom. The molecule has 0 bridgehead atoms. The maximum Gasteiger partial charge on any atom is 0.106 e. The first-order valence-corrected chi connectivity index (χ1v) is 7.67. The zero-order valence-corrected chi connectivity index (χ0v) is 11.8. The predicted molar refractivity (Wildman–Crippen MR) is 73.2 cm³/mol. The molecular formula is C13H24N2OS. The van der Waals surface area contributed by atoms with Crippen molar-refractivity contribution in [3.05, 3.63) is 0 Å². The average Bonchev–Trinajstić information content (AvgIpc) is 3.16. The van der Waals surface area contributed by atoms with Gasteiger partial charge in [-0.05, 0) is 37.9 Å². The van der Waals surface area contributed by atoms with Crippen LogP contribution in [-0.2, 0) is 4.74 Å². The molecule has 0 spiro atoms. The molecule has 0 radical (unpaired) electrons. The molecule has 0 aromatic carbocycles. The quantitative estimate of drug-likeness (QED) is 0.610. The van der Waals surface area contributed by atoms with Crippen molar-refractivity contribution in [2.45, 2.75) is 50.6 Å².